The summed E-state index contributed by atoms with van der Waals surface area (Å²) in [4.78, 5) is 4.95. The zero-order chi connectivity index (χ0) is 20.2. The molecule has 0 radical (unpaired) electrons. The highest BCUT2D eigenvalue weighted by molar-refractivity contribution is 5.70. The first-order valence-electron chi connectivity index (χ1n) is 10.2. The zero-order valence-corrected chi connectivity index (χ0v) is 17.3. The van der Waals surface area contributed by atoms with Gasteiger partial charge < -0.3 is 10.1 Å². The summed E-state index contributed by atoms with van der Waals surface area (Å²) in [7, 11) is 0. The predicted octanol–water partition coefficient (Wildman–Crippen LogP) is 6.23. The van der Waals surface area contributed by atoms with E-state index in [4.69, 9.17) is 9.72 Å². The fraction of sp³-hybridized carbons (Fsp3) is 0.240. The molecule has 0 bridgehead atoms. The van der Waals surface area contributed by atoms with Crippen molar-refractivity contribution in [1.82, 2.24) is 9.38 Å². The third-order valence-electron chi connectivity index (χ3n) is 5.13. The van der Waals surface area contributed by atoms with Crippen LogP contribution in [0.15, 0.2) is 66.9 Å². The minimum atomic E-state index is 0.524. The molecule has 2 aromatic heterocycles. The molecule has 1 N–H and O–H groups in total. The molecule has 4 aromatic rings. The summed E-state index contributed by atoms with van der Waals surface area (Å²) in [6.07, 6.45) is 3.99. The molecule has 4 nitrogen and oxygen atoms in total. The Morgan fingerprint density at radius 1 is 0.931 bits per heavy atom. The Morgan fingerprint density at radius 2 is 1.69 bits per heavy atom. The number of nitrogens with one attached hydrogen (secondary N) is 1. The molecule has 0 amide bonds. The highest BCUT2D eigenvalue weighted by atomic mass is 16.5. The van der Waals surface area contributed by atoms with E-state index >= 15 is 0 Å². The topological polar surface area (TPSA) is 38.6 Å². The summed E-state index contributed by atoms with van der Waals surface area (Å²) in [6.45, 7) is 6.97. The Labute approximate surface area is 172 Å². The number of pyridine rings is 1. The molecule has 4 rings (SSSR count). The molecule has 0 spiro atoms. The van der Waals surface area contributed by atoms with Crippen LogP contribution >= 0.6 is 0 Å². The van der Waals surface area contributed by atoms with Crippen LogP contribution in [-0.4, -0.2) is 9.38 Å². The first-order valence-corrected chi connectivity index (χ1v) is 10.2. The number of nitrogens with zero attached hydrogens (tertiary/aromatic N) is 2. The molecular formula is C25H27N3O. The highest BCUT2D eigenvalue weighted by Gasteiger charge is 2.16. The number of ether oxygens (including phenoxy) is 1. The van der Waals surface area contributed by atoms with E-state index < -0.39 is 0 Å². The number of aryl methyl sites for hydroxylation is 3. The molecule has 29 heavy (non-hydrogen) atoms. The standard InChI is InChI=1S/C25H27N3O/c1-4-10-21-24(27-23-18(2)11-8-12-19(23)3)28-16-9-15-22(25(28)26-21)29-17-20-13-6-5-7-14-20/h5-9,11-16,27H,4,10,17H2,1-3H3. The number of hydrogen-bond acceptors (Lipinski definition) is 3. The van der Waals surface area contributed by atoms with Gasteiger partial charge in [0, 0.05) is 11.9 Å². The monoisotopic (exact) mass is 385 g/mol. The van der Waals surface area contributed by atoms with E-state index in [9.17, 15) is 0 Å². The van der Waals surface area contributed by atoms with Crippen LogP contribution in [0.2, 0.25) is 0 Å². The molecular weight excluding hydrogens is 358 g/mol. The molecule has 0 aliphatic carbocycles. The van der Waals surface area contributed by atoms with Crippen LogP contribution in [0.25, 0.3) is 5.65 Å². The fourth-order valence-electron chi connectivity index (χ4n) is 3.61. The van der Waals surface area contributed by atoms with Crippen molar-refractivity contribution in [1.29, 1.82) is 0 Å². The van der Waals surface area contributed by atoms with Crippen molar-refractivity contribution in [3.05, 3.63) is 89.2 Å². The predicted molar refractivity (Wildman–Crippen MR) is 119 cm³/mol. The van der Waals surface area contributed by atoms with Gasteiger partial charge in [0.2, 0.25) is 0 Å². The number of fused-ring (bicyclic) bond motifs is 1. The van der Waals surface area contributed by atoms with Crippen LogP contribution in [0.3, 0.4) is 0 Å². The van der Waals surface area contributed by atoms with Crippen molar-refractivity contribution < 1.29 is 4.74 Å². The summed E-state index contributed by atoms with van der Waals surface area (Å²) < 4.78 is 8.25. The van der Waals surface area contributed by atoms with E-state index in [2.05, 4.69) is 60.8 Å². The Morgan fingerprint density at radius 3 is 2.41 bits per heavy atom. The lowest BCUT2D eigenvalue weighted by Crippen LogP contribution is -2.02. The largest absolute Gasteiger partial charge is 0.485 e. The molecule has 148 valence electrons. The number of benzene rings is 2. The van der Waals surface area contributed by atoms with Gasteiger partial charge in [-0.05, 0) is 49.1 Å². The maximum absolute atomic E-state index is 6.14. The second-order valence-corrected chi connectivity index (χ2v) is 7.39. The Bertz CT molecular complexity index is 1100. The van der Waals surface area contributed by atoms with Crippen LogP contribution < -0.4 is 10.1 Å². The molecule has 0 saturated carbocycles. The van der Waals surface area contributed by atoms with Crippen LogP contribution in [-0.2, 0) is 13.0 Å². The van der Waals surface area contributed by atoms with Gasteiger partial charge in [0.25, 0.3) is 0 Å². The number of imidazole rings is 1. The van der Waals surface area contributed by atoms with Gasteiger partial charge in [-0.3, -0.25) is 4.40 Å². The summed E-state index contributed by atoms with van der Waals surface area (Å²) in [5, 5.41) is 3.66. The third kappa shape index (κ3) is 3.97. The van der Waals surface area contributed by atoms with Gasteiger partial charge in [0.1, 0.15) is 12.4 Å². The molecule has 0 unspecified atom stereocenters. The highest BCUT2D eigenvalue weighted by Crippen LogP contribution is 2.31. The van der Waals surface area contributed by atoms with Crippen molar-refractivity contribution in [2.24, 2.45) is 0 Å². The lowest BCUT2D eigenvalue weighted by atomic mass is 10.1. The van der Waals surface area contributed by atoms with E-state index in [0.29, 0.717) is 6.61 Å². The average molecular weight is 386 g/mol. The number of para-hydroxylation sites is 1. The summed E-state index contributed by atoms with van der Waals surface area (Å²) in [5.74, 6) is 1.81. The maximum atomic E-state index is 6.14. The lowest BCUT2D eigenvalue weighted by molar-refractivity contribution is 0.308. The van der Waals surface area contributed by atoms with Gasteiger partial charge in [-0.1, -0.05) is 61.9 Å². The lowest BCUT2D eigenvalue weighted by Gasteiger charge is -2.14. The fourth-order valence-corrected chi connectivity index (χ4v) is 3.61. The van der Waals surface area contributed by atoms with Crippen molar-refractivity contribution in [2.75, 3.05) is 5.32 Å². The molecule has 0 fully saturated rings. The number of rotatable bonds is 7. The van der Waals surface area contributed by atoms with Crippen LogP contribution in [0.5, 0.6) is 5.75 Å². The van der Waals surface area contributed by atoms with E-state index in [1.807, 2.05) is 36.5 Å². The Balaban J connectivity index is 1.73. The van der Waals surface area contributed by atoms with Gasteiger partial charge in [-0.25, -0.2) is 4.98 Å². The smallest absolute Gasteiger partial charge is 0.181 e. The molecule has 0 aliphatic heterocycles. The van der Waals surface area contributed by atoms with E-state index in [1.165, 1.54) is 11.1 Å². The molecule has 0 atom stereocenters. The normalized spacial score (nSPS) is 11.0. The quantitative estimate of drug-likeness (QED) is 0.410. The first kappa shape index (κ1) is 19.1. The summed E-state index contributed by atoms with van der Waals surface area (Å²) >= 11 is 0. The first-order chi connectivity index (χ1) is 14.2. The summed E-state index contributed by atoms with van der Waals surface area (Å²) in [5.41, 5.74) is 6.63. The molecule has 0 aliphatic rings. The van der Waals surface area contributed by atoms with Gasteiger partial charge in [-0.2, -0.15) is 0 Å². The van der Waals surface area contributed by atoms with Gasteiger partial charge in [-0.15, -0.1) is 0 Å². The SMILES string of the molecule is CCCc1nc2c(OCc3ccccc3)cccn2c1Nc1c(C)cccc1C. The van der Waals surface area contributed by atoms with Crippen molar-refractivity contribution in [3.8, 4) is 5.75 Å². The molecule has 0 saturated heterocycles. The van der Waals surface area contributed by atoms with Crippen LogP contribution in [0.4, 0.5) is 11.5 Å². The van der Waals surface area contributed by atoms with E-state index in [-0.39, 0.29) is 0 Å². The van der Waals surface area contributed by atoms with Gasteiger partial charge in [0.05, 0.1) is 5.69 Å². The minimum Gasteiger partial charge on any atom is -0.485 e. The van der Waals surface area contributed by atoms with Gasteiger partial charge >= 0.3 is 0 Å². The summed E-state index contributed by atoms with van der Waals surface area (Å²) in [6, 6.07) is 20.6. The third-order valence-corrected chi connectivity index (χ3v) is 5.13. The van der Waals surface area contributed by atoms with Crippen molar-refractivity contribution >= 4 is 17.2 Å². The zero-order valence-electron chi connectivity index (χ0n) is 17.3. The van der Waals surface area contributed by atoms with Crippen molar-refractivity contribution in [3.63, 3.8) is 0 Å². The Hall–Kier alpha value is -3.27. The average Bonchev–Trinajstić information content (AvgIpc) is 3.08. The molecule has 2 aromatic carbocycles. The number of anilines is 2. The van der Waals surface area contributed by atoms with Crippen LogP contribution in [0.1, 0.15) is 35.7 Å². The molecule has 2 heterocycles. The van der Waals surface area contributed by atoms with Crippen LogP contribution in [0, 0.1) is 13.8 Å². The van der Waals surface area contributed by atoms with E-state index in [0.717, 1.165) is 47.0 Å². The Kier molecular flexibility index (Phi) is 5.52. The number of hydrogen-bond donors (Lipinski definition) is 1. The van der Waals surface area contributed by atoms with Crippen molar-refractivity contribution in [2.45, 2.75) is 40.2 Å². The maximum Gasteiger partial charge on any atom is 0.181 e. The van der Waals surface area contributed by atoms with E-state index in [1.54, 1.807) is 0 Å². The number of aromatic nitrogens is 2. The minimum absolute atomic E-state index is 0.524. The molecule has 4 heteroatoms. The second-order valence-electron chi connectivity index (χ2n) is 7.39. The van der Waals surface area contributed by atoms with Gasteiger partial charge in [0.15, 0.2) is 11.4 Å². The second kappa shape index (κ2) is 8.39.